The van der Waals surface area contributed by atoms with Gasteiger partial charge in [0.25, 0.3) is 0 Å². The molecule has 0 heterocycles. The summed E-state index contributed by atoms with van der Waals surface area (Å²) in [5.74, 6) is 0.369. The molecule has 0 spiro atoms. The monoisotopic (exact) mass is 123 g/mol. The smallest absolute Gasteiger partial charge is 0.119 e. The van der Waals surface area contributed by atoms with Gasteiger partial charge in [0.15, 0.2) is 0 Å². The number of alkyl halides is 1. The van der Waals surface area contributed by atoms with Crippen molar-refractivity contribution in [2.75, 3.05) is 12.5 Å². The minimum absolute atomic E-state index is 0.285. The Bertz CT molecular complexity index is 42.7. The molecule has 1 unspecified atom stereocenters. The first kappa shape index (κ1) is 7.21. The Kier molecular flexibility index (Phi) is 4.50. The quantitative estimate of drug-likeness (QED) is 0.439. The largest absolute Gasteiger partial charge is 0.363 e. The Morgan fingerprint density at radius 1 is 1.86 bits per heavy atom. The van der Waals surface area contributed by atoms with Gasteiger partial charge < -0.3 is 10.5 Å². The van der Waals surface area contributed by atoms with Crippen molar-refractivity contribution in [2.24, 2.45) is 5.73 Å². The van der Waals surface area contributed by atoms with Crippen LogP contribution in [0.2, 0.25) is 0 Å². The fourth-order valence-corrected chi connectivity index (χ4v) is 0.348. The predicted octanol–water partition coefficient (Wildman–Crippen LogP) is 0.547. The highest BCUT2D eigenvalue weighted by Crippen LogP contribution is 1.84. The second kappa shape index (κ2) is 4.37. The molecule has 0 fully saturated rings. The van der Waals surface area contributed by atoms with E-state index in [9.17, 15) is 0 Å². The zero-order chi connectivity index (χ0) is 5.70. The Morgan fingerprint density at radius 3 is 2.57 bits per heavy atom. The van der Waals surface area contributed by atoms with Crippen molar-refractivity contribution in [1.29, 1.82) is 0 Å². The molecule has 7 heavy (non-hydrogen) atoms. The standard InChI is InChI=1S/C4H10ClNO/c1-2-7-4(6)3-5/h4H,2-3,6H2,1H3. The summed E-state index contributed by atoms with van der Waals surface area (Å²) in [4.78, 5) is 0. The average molecular weight is 124 g/mol. The van der Waals surface area contributed by atoms with E-state index in [0.29, 0.717) is 12.5 Å². The molecule has 0 amide bonds. The molecule has 0 aliphatic heterocycles. The second-order valence-electron chi connectivity index (χ2n) is 1.15. The summed E-state index contributed by atoms with van der Waals surface area (Å²) in [5.41, 5.74) is 5.23. The maximum absolute atomic E-state index is 5.28. The van der Waals surface area contributed by atoms with Crippen LogP contribution in [0, 0.1) is 0 Å². The molecule has 0 aromatic rings. The molecule has 0 aromatic carbocycles. The molecule has 2 N–H and O–H groups in total. The third-order valence-electron chi connectivity index (χ3n) is 0.533. The lowest BCUT2D eigenvalue weighted by atomic mass is 10.7. The van der Waals surface area contributed by atoms with E-state index in [2.05, 4.69) is 0 Å². The number of hydrogen-bond acceptors (Lipinski definition) is 2. The van der Waals surface area contributed by atoms with Crippen molar-refractivity contribution in [3.63, 3.8) is 0 Å². The molecule has 0 saturated carbocycles. The minimum Gasteiger partial charge on any atom is -0.363 e. The van der Waals surface area contributed by atoms with Crippen LogP contribution in [0.1, 0.15) is 6.92 Å². The van der Waals surface area contributed by atoms with Gasteiger partial charge in [-0.2, -0.15) is 0 Å². The first-order valence-electron chi connectivity index (χ1n) is 2.24. The molecule has 2 nitrogen and oxygen atoms in total. The first-order chi connectivity index (χ1) is 3.31. The van der Waals surface area contributed by atoms with E-state index in [-0.39, 0.29) is 6.23 Å². The van der Waals surface area contributed by atoms with Crippen LogP contribution in [0.3, 0.4) is 0 Å². The van der Waals surface area contributed by atoms with Crippen molar-refractivity contribution in [1.82, 2.24) is 0 Å². The zero-order valence-corrected chi connectivity index (χ0v) is 5.11. The van der Waals surface area contributed by atoms with Gasteiger partial charge in [-0.3, -0.25) is 0 Å². The summed E-state index contributed by atoms with van der Waals surface area (Å²) in [6.07, 6.45) is -0.285. The van der Waals surface area contributed by atoms with Gasteiger partial charge >= 0.3 is 0 Å². The molecular formula is C4H10ClNO. The van der Waals surface area contributed by atoms with Gasteiger partial charge in [0.2, 0.25) is 0 Å². The van der Waals surface area contributed by atoms with Gasteiger partial charge in [0, 0.05) is 6.61 Å². The zero-order valence-electron chi connectivity index (χ0n) is 4.36. The third-order valence-corrected chi connectivity index (χ3v) is 0.837. The molecule has 1 atom stereocenters. The van der Waals surface area contributed by atoms with Crippen LogP contribution >= 0.6 is 11.6 Å². The van der Waals surface area contributed by atoms with E-state index >= 15 is 0 Å². The molecule has 3 heteroatoms. The van der Waals surface area contributed by atoms with Crippen molar-refractivity contribution in [2.45, 2.75) is 13.2 Å². The van der Waals surface area contributed by atoms with E-state index in [1.165, 1.54) is 0 Å². The van der Waals surface area contributed by atoms with Crippen molar-refractivity contribution < 1.29 is 4.74 Å². The van der Waals surface area contributed by atoms with Gasteiger partial charge in [-0.25, -0.2) is 0 Å². The Hall–Kier alpha value is 0.210. The fraction of sp³-hybridized carbons (Fsp3) is 1.00. The fourth-order valence-electron chi connectivity index (χ4n) is 0.259. The van der Waals surface area contributed by atoms with E-state index in [1.54, 1.807) is 0 Å². The topological polar surface area (TPSA) is 35.2 Å². The number of halogens is 1. The van der Waals surface area contributed by atoms with Crippen LogP contribution in [0.25, 0.3) is 0 Å². The Labute approximate surface area is 48.6 Å². The molecule has 0 aliphatic rings. The molecule has 44 valence electrons. The molecule has 0 bridgehead atoms. The van der Waals surface area contributed by atoms with Gasteiger partial charge in [-0.1, -0.05) is 0 Å². The molecule has 0 aromatic heterocycles. The summed E-state index contributed by atoms with van der Waals surface area (Å²) >= 11 is 5.28. The van der Waals surface area contributed by atoms with E-state index in [1.807, 2.05) is 6.92 Å². The highest BCUT2D eigenvalue weighted by Gasteiger charge is 1.93. The summed E-state index contributed by atoms with van der Waals surface area (Å²) < 4.78 is 4.84. The van der Waals surface area contributed by atoms with Crippen LogP contribution in [0.5, 0.6) is 0 Å². The van der Waals surface area contributed by atoms with Gasteiger partial charge in [-0.05, 0) is 6.92 Å². The number of nitrogens with two attached hydrogens (primary N) is 1. The molecule has 0 aliphatic carbocycles. The third kappa shape index (κ3) is 4.05. The number of hydrogen-bond donors (Lipinski definition) is 1. The highest BCUT2D eigenvalue weighted by atomic mass is 35.5. The van der Waals surface area contributed by atoms with E-state index < -0.39 is 0 Å². The molecule has 0 radical (unpaired) electrons. The lowest BCUT2D eigenvalue weighted by Gasteiger charge is -2.04. The maximum atomic E-state index is 5.28. The second-order valence-corrected chi connectivity index (χ2v) is 1.46. The summed E-state index contributed by atoms with van der Waals surface area (Å²) in [6.45, 7) is 2.51. The molecular weight excluding hydrogens is 114 g/mol. The van der Waals surface area contributed by atoms with Gasteiger partial charge in [0.05, 0.1) is 5.88 Å². The van der Waals surface area contributed by atoms with Crippen LogP contribution in [-0.2, 0) is 4.74 Å². The van der Waals surface area contributed by atoms with Crippen LogP contribution in [-0.4, -0.2) is 18.7 Å². The lowest BCUT2D eigenvalue weighted by Crippen LogP contribution is -2.25. The Morgan fingerprint density at radius 2 is 2.43 bits per heavy atom. The normalized spacial score (nSPS) is 14.1. The van der Waals surface area contributed by atoms with E-state index in [4.69, 9.17) is 22.1 Å². The lowest BCUT2D eigenvalue weighted by molar-refractivity contribution is 0.0837. The number of ether oxygens (including phenoxy) is 1. The maximum Gasteiger partial charge on any atom is 0.119 e. The van der Waals surface area contributed by atoms with Crippen molar-refractivity contribution in [3.05, 3.63) is 0 Å². The van der Waals surface area contributed by atoms with Crippen LogP contribution < -0.4 is 5.73 Å². The van der Waals surface area contributed by atoms with Gasteiger partial charge in [-0.15, -0.1) is 11.6 Å². The minimum atomic E-state index is -0.285. The summed E-state index contributed by atoms with van der Waals surface area (Å²) in [6, 6.07) is 0. The molecule has 0 rings (SSSR count). The van der Waals surface area contributed by atoms with Gasteiger partial charge in [0.1, 0.15) is 6.23 Å². The van der Waals surface area contributed by atoms with Crippen LogP contribution in [0.15, 0.2) is 0 Å². The van der Waals surface area contributed by atoms with Crippen molar-refractivity contribution >= 4 is 11.6 Å². The Balaban J connectivity index is 2.83. The first-order valence-corrected chi connectivity index (χ1v) is 2.77. The number of rotatable bonds is 3. The predicted molar refractivity (Wildman–Crippen MR) is 30.3 cm³/mol. The van der Waals surface area contributed by atoms with Crippen molar-refractivity contribution in [3.8, 4) is 0 Å². The SMILES string of the molecule is CCOC(N)CCl. The highest BCUT2D eigenvalue weighted by molar-refractivity contribution is 6.18. The summed E-state index contributed by atoms with van der Waals surface area (Å²) in [5, 5.41) is 0. The molecule has 0 saturated heterocycles. The average Bonchev–Trinajstić information content (AvgIpc) is 1.68. The van der Waals surface area contributed by atoms with E-state index in [0.717, 1.165) is 0 Å². The summed E-state index contributed by atoms with van der Waals surface area (Å²) in [7, 11) is 0. The van der Waals surface area contributed by atoms with Crippen LogP contribution in [0.4, 0.5) is 0 Å².